The topological polar surface area (TPSA) is 83.0 Å². The van der Waals surface area contributed by atoms with Crippen molar-refractivity contribution in [1.82, 2.24) is 14.9 Å². The first-order valence-corrected chi connectivity index (χ1v) is 11.6. The molecular formula is C20H34N4O3S. The Labute approximate surface area is 169 Å². The molecular weight excluding hydrogens is 376 g/mol. The van der Waals surface area contributed by atoms with Crippen molar-refractivity contribution in [3.8, 4) is 0 Å². The van der Waals surface area contributed by atoms with Crippen LogP contribution in [-0.4, -0.2) is 58.2 Å². The zero-order valence-corrected chi connectivity index (χ0v) is 18.3. The number of ether oxygens (including phenoxy) is 1. The summed E-state index contributed by atoms with van der Waals surface area (Å²) in [5, 5.41) is 3.39. The number of likely N-dealkylation sites (tertiary alicyclic amines) is 1. The zero-order chi connectivity index (χ0) is 20.6. The summed E-state index contributed by atoms with van der Waals surface area (Å²) < 4.78 is 33.0. The van der Waals surface area contributed by atoms with Crippen molar-refractivity contribution in [3.05, 3.63) is 35.4 Å². The Hall–Kier alpha value is -1.64. The van der Waals surface area contributed by atoms with Crippen molar-refractivity contribution in [2.24, 2.45) is 4.99 Å². The van der Waals surface area contributed by atoms with Crippen LogP contribution in [0.15, 0.2) is 29.3 Å². The molecule has 7 nitrogen and oxygen atoms in total. The number of aliphatic imine (C=N–C) groups is 1. The van der Waals surface area contributed by atoms with E-state index in [0.29, 0.717) is 12.6 Å². The minimum atomic E-state index is -3.36. The summed E-state index contributed by atoms with van der Waals surface area (Å²) in [7, 11) is -1.59. The Morgan fingerprint density at radius 3 is 2.46 bits per heavy atom. The fraction of sp³-hybridized carbons (Fsp3) is 0.650. The number of benzene rings is 1. The third kappa shape index (κ3) is 7.07. The minimum absolute atomic E-state index is 0.0264. The van der Waals surface area contributed by atoms with Gasteiger partial charge in [-0.1, -0.05) is 24.3 Å². The molecule has 0 aliphatic carbocycles. The molecule has 0 amide bonds. The van der Waals surface area contributed by atoms with Crippen LogP contribution in [0.4, 0.5) is 0 Å². The van der Waals surface area contributed by atoms with Crippen molar-refractivity contribution in [3.63, 3.8) is 0 Å². The SMILES string of the molecule is CCOC1CCN(C(=NC)NCc2ccccc2CS(=O)(=O)NC(C)C)CC1. The van der Waals surface area contributed by atoms with Gasteiger partial charge in [0.05, 0.1) is 11.9 Å². The molecule has 1 saturated heterocycles. The summed E-state index contributed by atoms with van der Waals surface area (Å²) >= 11 is 0. The maximum atomic E-state index is 12.3. The predicted molar refractivity (Wildman–Crippen MR) is 114 cm³/mol. The van der Waals surface area contributed by atoms with Gasteiger partial charge in [0, 0.05) is 39.3 Å². The van der Waals surface area contributed by atoms with Gasteiger partial charge in [-0.3, -0.25) is 4.99 Å². The first kappa shape index (κ1) is 22.6. The van der Waals surface area contributed by atoms with Crippen LogP contribution in [0.1, 0.15) is 44.7 Å². The van der Waals surface area contributed by atoms with Crippen molar-refractivity contribution >= 4 is 16.0 Å². The van der Waals surface area contributed by atoms with Crippen molar-refractivity contribution < 1.29 is 13.2 Å². The second-order valence-corrected chi connectivity index (χ2v) is 9.10. The monoisotopic (exact) mass is 410 g/mol. The van der Waals surface area contributed by atoms with E-state index in [4.69, 9.17) is 4.74 Å². The summed E-state index contributed by atoms with van der Waals surface area (Å²) in [5.74, 6) is 0.814. The molecule has 0 atom stereocenters. The fourth-order valence-corrected chi connectivity index (χ4v) is 4.95. The van der Waals surface area contributed by atoms with Crippen LogP contribution in [0.3, 0.4) is 0 Å². The molecule has 1 aliphatic heterocycles. The van der Waals surface area contributed by atoms with E-state index >= 15 is 0 Å². The Morgan fingerprint density at radius 2 is 1.89 bits per heavy atom. The molecule has 1 fully saturated rings. The first-order chi connectivity index (χ1) is 13.3. The second-order valence-electron chi connectivity index (χ2n) is 7.34. The third-order valence-electron chi connectivity index (χ3n) is 4.67. The van der Waals surface area contributed by atoms with Crippen LogP contribution in [0.25, 0.3) is 0 Å². The second kappa shape index (κ2) is 10.8. The van der Waals surface area contributed by atoms with E-state index in [0.717, 1.165) is 49.6 Å². The molecule has 0 bridgehead atoms. The molecule has 0 unspecified atom stereocenters. The first-order valence-electron chi connectivity index (χ1n) is 9.98. The van der Waals surface area contributed by atoms with Gasteiger partial charge in [-0.25, -0.2) is 13.1 Å². The average Bonchev–Trinajstić information content (AvgIpc) is 2.63. The highest BCUT2D eigenvalue weighted by atomic mass is 32.2. The van der Waals surface area contributed by atoms with Crippen LogP contribution in [0, 0.1) is 0 Å². The number of hydrogen-bond donors (Lipinski definition) is 2. The maximum Gasteiger partial charge on any atom is 0.216 e. The van der Waals surface area contributed by atoms with E-state index < -0.39 is 10.0 Å². The summed E-state index contributed by atoms with van der Waals surface area (Å²) in [6.45, 7) is 8.76. The van der Waals surface area contributed by atoms with Gasteiger partial charge in [-0.15, -0.1) is 0 Å². The molecule has 1 aromatic rings. The van der Waals surface area contributed by atoms with Crippen molar-refractivity contribution in [2.45, 2.75) is 58.1 Å². The molecule has 158 valence electrons. The molecule has 0 saturated carbocycles. The van der Waals surface area contributed by atoms with Crippen molar-refractivity contribution in [2.75, 3.05) is 26.7 Å². The van der Waals surface area contributed by atoms with Gasteiger partial charge in [0.1, 0.15) is 0 Å². The van der Waals surface area contributed by atoms with Gasteiger partial charge in [-0.2, -0.15) is 0 Å². The highest BCUT2D eigenvalue weighted by molar-refractivity contribution is 7.88. The molecule has 2 rings (SSSR count). The molecule has 1 aromatic carbocycles. The summed E-state index contributed by atoms with van der Waals surface area (Å²) in [6.07, 6.45) is 2.31. The van der Waals surface area contributed by atoms with Gasteiger partial charge < -0.3 is 15.0 Å². The number of hydrogen-bond acceptors (Lipinski definition) is 4. The summed E-state index contributed by atoms with van der Waals surface area (Å²) in [4.78, 5) is 6.63. The van der Waals surface area contributed by atoms with Crippen LogP contribution in [-0.2, 0) is 27.1 Å². The lowest BCUT2D eigenvalue weighted by Crippen LogP contribution is -2.46. The summed E-state index contributed by atoms with van der Waals surface area (Å²) in [5.41, 5.74) is 1.76. The summed E-state index contributed by atoms with van der Waals surface area (Å²) in [6, 6.07) is 7.51. The van der Waals surface area contributed by atoms with E-state index in [1.54, 1.807) is 7.05 Å². The predicted octanol–water partition coefficient (Wildman–Crippen LogP) is 2.09. The molecule has 8 heteroatoms. The molecule has 0 aromatic heterocycles. The van der Waals surface area contributed by atoms with E-state index in [9.17, 15) is 8.42 Å². The Morgan fingerprint density at radius 1 is 1.25 bits per heavy atom. The van der Waals surface area contributed by atoms with Crippen LogP contribution in [0.2, 0.25) is 0 Å². The number of nitrogens with one attached hydrogen (secondary N) is 2. The molecule has 0 spiro atoms. The number of piperidine rings is 1. The highest BCUT2D eigenvalue weighted by Gasteiger charge is 2.22. The van der Waals surface area contributed by atoms with E-state index in [2.05, 4.69) is 19.9 Å². The normalized spacial score (nSPS) is 16.6. The number of sulfonamides is 1. The van der Waals surface area contributed by atoms with Gasteiger partial charge in [0.15, 0.2) is 5.96 Å². The third-order valence-corrected chi connectivity index (χ3v) is 6.19. The molecule has 1 heterocycles. The molecule has 0 radical (unpaired) electrons. The van der Waals surface area contributed by atoms with Gasteiger partial charge in [-0.05, 0) is 44.7 Å². The lowest BCUT2D eigenvalue weighted by molar-refractivity contribution is 0.0263. The minimum Gasteiger partial charge on any atom is -0.378 e. The Bertz CT molecular complexity index is 742. The van der Waals surface area contributed by atoms with E-state index in [1.165, 1.54) is 0 Å². The highest BCUT2D eigenvalue weighted by Crippen LogP contribution is 2.15. The quantitative estimate of drug-likeness (QED) is 0.507. The standard InChI is InChI=1S/C20H34N4O3S/c1-5-27-19-10-12-24(13-11-19)20(21-4)22-14-17-8-6-7-9-18(17)15-28(25,26)23-16(2)3/h6-9,16,19,23H,5,10-15H2,1-4H3,(H,21,22). The lowest BCUT2D eigenvalue weighted by Gasteiger charge is -2.34. The van der Waals surface area contributed by atoms with Crippen LogP contribution >= 0.6 is 0 Å². The zero-order valence-electron chi connectivity index (χ0n) is 17.4. The van der Waals surface area contributed by atoms with Crippen LogP contribution < -0.4 is 10.0 Å². The van der Waals surface area contributed by atoms with E-state index in [-0.39, 0.29) is 11.8 Å². The van der Waals surface area contributed by atoms with Crippen LogP contribution in [0.5, 0.6) is 0 Å². The Kier molecular flexibility index (Phi) is 8.72. The maximum absolute atomic E-state index is 12.3. The largest absolute Gasteiger partial charge is 0.378 e. The number of rotatable bonds is 8. The fourth-order valence-electron chi connectivity index (χ4n) is 3.45. The lowest BCUT2D eigenvalue weighted by atomic mass is 10.1. The number of guanidine groups is 1. The Balaban J connectivity index is 1.98. The number of nitrogens with zero attached hydrogens (tertiary/aromatic N) is 2. The smallest absolute Gasteiger partial charge is 0.216 e. The van der Waals surface area contributed by atoms with Crippen molar-refractivity contribution in [1.29, 1.82) is 0 Å². The van der Waals surface area contributed by atoms with Gasteiger partial charge in [0.25, 0.3) is 0 Å². The average molecular weight is 411 g/mol. The van der Waals surface area contributed by atoms with Gasteiger partial charge in [0.2, 0.25) is 10.0 Å². The molecule has 2 N–H and O–H groups in total. The molecule has 28 heavy (non-hydrogen) atoms. The molecule has 1 aliphatic rings. The van der Waals surface area contributed by atoms with Gasteiger partial charge >= 0.3 is 0 Å². The van der Waals surface area contributed by atoms with E-state index in [1.807, 2.05) is 45.0 Å².